The summed E-state index contributed by atoms with van der Waals surface area (Å²) in [7, 11) is 2.53. The fourth-order valence-electron chi connectivity index (χ4n) is 1.27. The number of phenolic OH excluding ortho intramolecular Hbond substituents is 1. The van der Waals surface area contributed by atoms with Crippen molar-refractivity contribution in [1.29, 1.82) is 10.5 Å². The maximum absolute atomic E-state index is 11.5. The van der Waals surface area contributed by atoms with Crippen molar-refractivity contribution in [2.75, 3.05) is 19.6 Å². The second-order valence-corrected chi connectivity index (χ2v) is 3.36. The van der Waals surface area contributed by atoms with E-state index in [4.69, 9.17) is 15.3 Å². The van der Waals surface area contributed by atoms with Crippen LogP contribution >= 0.6 is 0 Å². The summed E-state index contributed by atoms with van der Waals surface area (Å²) in [5.74, 6) is -0.942. The van der Waals surface area contributed by atoms with Crippen molar-refractivity contribution in [1.82, 2.24) is 0 Å². The molecule has 20 heavy (non-hydrogen) atoms. The molecule has 0 aliphatic carbocycles. The average Bonchev–Trinajstić information content (AvgIpc) is 2.48. The number of nitrogens with one attached hydrogen (secondary N) is 1. The maximum Gasteiger partial charge on any atom is 0.341 e. The Morgan fingerprint density at radius 1 is 1.35 bits per heavy atom. The van der Waals surface area contributed by atoms with Gasteiger partial charge in [-0.2, -0.15) is 15.6 Å². The van der Waals surface area contributed by atoms with Crippen LogP contribution in [-0.4, -0.2) is 31.0 Å². The number of hydrogen-bond donors (Lipinski definition) is 2. The van der Waals surface area contributed by atoms with Crippen LogP contribution in [0.3, 0.4) is 0 Å². The van der Waals surface area contributed by atoms with Crippen LogP contribution in [0, 0.1) is 22.7 Å². The third kappa shape index (κ3) is 3.15. The van der Waals surface area contributed by atoms with E-state index < -0.39 is 17.4 Å². The predicted molar refractivity (Wildman–Crippen MR) is 68.3 cm³/mol. The molecule has 102 valence electrons. The lowest BCUT2D eigenvalue weighted by Gasteiger charge is -2.10. The summed E-state index contributed by atoms with van der Waals surface area (Å²) in [4.78, 5) is 11.5. The lowest BCUT2D eigenvalue weighted by molar-refractivity contribution is 0.0597. The molecule has 0 amide bonds. The minimum atomic E-state index is -0.769. The topological polar surface area (TPSA) is 128 Å². The number of esters is 1. The van der Waals surface area contributed by atoms with Gasteiger partial charge >= 0.3 is 5.97 Å². The van der Waals surface area contributed by atoms with E-state index in [1.54, 1.807) is 12.1 Å². The number of ether oxygens (including phenoxy) is 2. The van der Waals surface area contributed by atoms with Crippen molar-refractivity contribution in [3.8, 4) is 23.6 Å². The van der Waals surface area contributed by atoms with E-state index in [2.05, 4.69) is 15.3 Å². The highest BCUT2D eigenvalue weighted by Gasteiger charge is 2.17. The van der Waals surface area contributed by atoms with Crippen LogP contribution < -0.4 is 10.2 Å². The number of phenols is 1. The van der Waals surface area contributed by atoms with E-state index in [1.165, 1.54) is 19.2 Å². The van der Waals surface area contributed by atoms with Gasteiger partial charge in [-0.25, -0.2) is 4.79 Å². The summed E-state index contributed by atoms with van der Waals surface area (Å²) in [6, 6.07) is 5.71. The average molecular weight is 274 g/mol. The monoisotopic (exact) mass is 274 g/mol. The third-order valence-electron chi connectivity index (χ3n) is 2.22. The van der Waals surface area contributed by atoms with E-state index >= 15 is 0 Å². The minimum absolute atomic E-state index is 0.00671. The molecule has 0 heterocycles. The molecule has 0 spiro atoms. The van der Waals surface area contributed by atoms with Gasteiger partial charge in [-0.3, -0.25) is 5.43 Å². The largest absolute Gasteiger partial charge is 0.505 e. The number of benzene rings is 1. The van der Waals surface area contributed by atoms with Crippen LogP contribution in [0.4, 0.5) is 5.69 Å². The first-order valence-corrected chi connectivity index (χ1v) is 5.20. The molecule has 0 aromatic heterocycles. The fraction of sp³-hybridized carbons (Fsp3) is 0.167. The van der Waals surface area contributed by atoms with Gasteiger partial charge in [0.2, 0.25) is 5.71 Å². The molecule has 8 nitrogen and oxygen atoms in total. The smallest absolute Gasteiger partial charge is 0.341 e. The van der Waals surface area contributed by atoms with Gasteiger partial charge in [0.05, 0.1) is 14.2 Å². The Morgan fingerprint density at radius 2 is 2.00 bits per heavy atom. The second-order valence-electron chi connectivity index (χ2n) is 3.36. The highest BCUT2D eigenvalue weighted by atomic mass is 16.5. The van der Waals surface area contributed by atoms with Crippen LogP contribution in [0.15, 0.2) is 17.2 Å². The first kappa shape index (κ1) is 14.8. The summed E-state index contributed by atoms with van der Waals surface area (Å²) in [5.41, 5.74) is 1.73. The minimum Gasteiger partial charge on any atom is -0.505 e. The van der Waals surface area contributed by atoms with E-state index in [0.717, 1.165) is 7.11 Å². The van der Waals surface area contributed by atoms with Crippen molar-refractivity contribution in [2.45, 2.75) is 0 Å². The quantitative estimate of drug-likeness (QED) is 0.362. The zero-order valence-electron chi connectivity index (χ0n) is 10.7. The standard InChI is InChI=1S/C12H10N4O4/c1-19-8-3-9(12(18)20-2)11(17)10(4-8)16-15-7(5-13)6-14/h3-4,16-17H,1-2H3. The summed E-state index contributed by atoms with van der Waals surface area (Å²) >= 11 is 0. The van der Waals surface area contributed by atoms with Crippen molar-refractivity contribution in [3.05, 3.63) is 17.7 Å². The normalized spacial score (nSPS) is 8.80. The molecule has 0 aliphatic rings. The highest BCUT2D eigenvalue weighted by Crippen LogP contribution is 2.33. The molecule has 0 saturated heterocycles. The lowest BCUT2D eigenvalue weighted by Crippen LogP contribution is -2.04. The number of hydrogen-bond acceptors (Lipinski definition) is 8. The van der Waals surface area contributed by atoms with Crippen molar-refractivity contribution < 1.29 is 19.4 Å². The van der Waals surface area contributed by atoms with E-state index in [0.29, 0.717) is 0 Å². The summed E-state index contributed by atoms with van der Waals surface area (Å²) in [6.07, 6.45) is 0. The number of methoxy groups -OCH3 is 2. The zero-order valence-corrected chi connectivity index (χ0v) is 10.7. The van der Waals surface area contributed by atoms with E-state index in [-0.39, 0.29) is 17.0 Å². The van der Waals surface area contributed by atoms with Gasteiger partial charge in [0.25, 0.3) is 0 Å². The summed E-state index contributed by atoms with van der Waals surface area (Å²) in [6.45, 7) is 0. The lowest BCUT2D eigenvalue weighted by atomic mass is 10.1. The Morgan fingerprint density at radius 3 is 2.50 bits per heavy atom. The fourth-order valence-corrected chi connectivity index (χ4v) is 1.27. The van der Waals surface area contributed by atoms with E-state index in [1.807, 2.05) is 0 Å². The van der Waals surface area contributed by atoms with Gasteiger partial charge in [0.15, 0.2) is 5.75 Å². The first-order valence-electron chi connectivity index (χ1n) is 5.20. The van der Waals surface area contributed by atoms with Crippen LogP contribution in [0.25, 0.3) is 0 Å². The van der Waals surface area contributed by atoms with Crippen LogP contribution in [-0.2, 0) is 4.74 Å². The van der Waals surface area contributed by atoms with Crippen molar-refractivity contribution >= 4 is 17.4 Å². The molecule has 1 aromatic carbocycles. The molecule has 0 bridgehead atoms. The van der Waals surface area contributed by atoms with Gasteiger partial charge < -0.3 is 14.6 Å². The Labute approximate surface area is 114 Å². The molecule has 0 atom stereocenters. The summed E-state index contributed by atoms with van der Waals surface area (Å²) in [5, 5.41) is 30.5. The molecule has 0 fully saturated rings. The Bertz CT molecular complexity index is 624. The Hall–Kier alpha value is -3.26. The van der Waals surface area contributed by atoms with Gasteiger partial charge in [-0.1, -0.05) is 0 Å². The van der Waals surface area contributed by atoms with Crippen LogP contribution in [0.2, 0.25) is 0 Å². The molecule has 0 radical (unpaired) electrons. The van der Waals surface area contributed by atoms with E-state index in [9.17, 15) is 9.90 Å². The van der Waals surface area contributed by atoms with Crippen molar-refractivity contribution in [3.63, 3.8) is 0 Å². The highest BCUT2D eigenvalue weighted by molar-refractivity contribution is 6.10. The maximum atomic E-state index is 11.5. The number of carbonyl (C=O) groups is 1. The number of carbonyl (C=O) groups excluding carboxylic acids is 1. The second kappa shape index (κ2) is 6.61. The van der Waals surface area contributed by atoms with Gasteiger partial charge in [-0.15, -0.1) is 0 Å². The molecule has 0 saturated carbocycles. The summed E-state index contributed by atoms with van der Waals surface area (Å²) < 4.78 is 9.48. The molecule has 1 aromatic rings. The zero-order chi connectivity index (χ0) is 15.1. The van der Waals surface area contributed by atoms with Crippen LogP contribution in [0.1, 0.15) is 10.4 Å². The predicted octanol–water partition coefficient (Wildman–Crippen LogP) is 1.00. The molecule has 1 rings (SSSR count). The third-order valence-corrected chi connectivity index (χ3v) is 2.22. The molecular weight excluding hydrogens is 264 g/mol. The van der Waals surface area contributed by atoms with Gasteiger partial charge in [-0.05, 0) is 6.07 Å². The Kier molecular flexibility index (Phi) is 4.89. The molecule has 2 N–H and O–H groups in total. The molecule has 0 unspecified atom stereocenters. The number of anilines is 1. The number of nitrogens with zero attached hydrogens (tertiary/aromatic N) is 3. The molecule has 8 heteroatoms. The van der Waals surface area contributed by atoms with Gasteiger partial charge in [0, 0.05) is 6.07 Å². The number of aromatic hydroxyl groups is 1. The number of rotatable bonds is 4. The number of hydrazone groups is 1. The first-order chi connectivity index (χ1) is 9.57. The van der Waals surface area contributed by atoms with Crippen LogP contribution in [0.5, 0.6) is 11.5 Å². The number of nitriles is 2. The Balaban J connectivity index is 3.27. The SMILES string of the molecule is COC(=O)c1cc(OC)cc(NN=C(C#N)C#N)c1O. The molecule has 0 aliphatic heterocycles. The molecular formula is C12H10N4O4. The van der Waals surface area contributed by atoms with Gasteiger partial charge in [0.1, 0.15) is 29.1 Å². The van der Waals surface area contributed by atoms with Crippen molar-refractivity contribution in [2.24, 2.45) is 5.10 Å².